The summed E-state index contributed by atoms with van der Waals surface area (Å²) in [5.41, 5.74) is -0.553. The van der Waals surface area contributed by atoms with Gasteiger partial charge in [-0.05, 0) is 53.0 Å². The van der Waals surface area contributed by atoms with Crippen LogP contribution in [0.2, 0.25) is 0 Å². The molecule has 0 saturated carbocycles. The second kappa shape index (κ2) is 5.05. The van der Waals surface area contributed by atoms with E-state index in [1.165, 1.54) is 13.0 Å². The van der Waals surface area contributed by atoms with Gasteiger partial charge in [0.25, 0.3) is 0 Å². The van der Waals surface area contributed by atoms with Crippen molar-refractivity contribution in [2.75, 3.05) is 6.54 Å². The molecule has 2 unspecified atom stereocenters. The van der Waals surface area contributed by atoms with Crippen LogP contribution in [-0.4, -0.2) is 34.2 Å². The van der Waals surface area contributed by atoms with Crippen molar-refractivity contribution in [2.45, 2.75) is 72.1 Å². The molecule has 16 heavy (non-hydrogen) atoms. The molecule has 0 radical (unpaired) electrons. The molecule has 1 aliphatic rings. The highest BCUT2D eigenvalue weighted by Gasteiger charge is 2.41. The summed E-state index contributed by atoms with van der Waals surface area (Å²) < 4.78 is 0. The fourth-order valence-electron chi connectivity index (χ4n) is 3.27. The molecule has 2 nitrogen and oxygen atoms in total. The molecule has 0 amide bonds. The van der Waals surface area contributed by atoms with Gasteiger partial charge in [-0.2, -0.15) is 0 Å². The summed E-state index contributed by atoms with van der Waals surface area (Å²) in [6.45, 7) is 14.2. The molecular formula is C14H29NO. The monoisotopic (exact) mass is 227 g/mol. The molecular weight excluding hydrogens is 198 g/mol. The van der Waals surface area contributed by atoms with Crippen LogP contribution in [0.1, 0.15) is 54.4 Å². The van der Waals surface area contributed by atoms with Crippen LogP contribution in [0.5, 0.6) is 0 Å². The molecule has 1 N–H and O–H groups in total. The van der Waals surface area contributed by atoms with Crippen LogP contribution in [0.15, 0.2) is 0 Å². The summed E-state index contributed by atoms with van der Waals surface area (Å²) in [5.74, 6) is 1.02. The molecule has 0 aliphatic carbocycles. The fraction of sp³-hybridized carbons (Fsp3) is 1.00. The van der Waals surface area contributed by atoms with Gasteiger partial charge in [0.15, 0.2) is 0 Å². The molecule has 1 rings (SSSR count). The first-order valence-electron chi connectivity index (χ1n) is 6.73. The van der Waals surface area contributed by atoms with E-state index >= 15 is 0 Å². The fourth-order valence-corrected chi connectivity index (χ4v) is 3.27. The summed E-state index contributed by atoms with van der Waals surface area (Å²) in [7, 11) is 0. The van der Waals surface area contributed by atoms with E-state index in [1.54, 1.807) is 0 Å². The Morgan fingerprint density at radius 3 is 2.12 bits per heavy atom. The summed E-state index contributed by atoms with van der Waals surface area (Å²) in [6, 6.07) is 1.10. The van der Waals surface area contributed by atoms with Crippen molar-refractivity contribution >= 4 is 0 Å². The van der Waals surface area contributed by atoms with Gasteiger partial charge in [-0.25, -0.2) is 0 Å². The lowest BCUT2D eigenvalue weighted by Crippen LogP contribution is -2.56. The number of hydrogen-bond acceptors (Lipinski definition) is 2. The molecule has 2 heteroatoms. The molecule has 96 valence electrons. The SMILES string of the molecule is CC(C)C1C(C(C)(C)O)CCCN1C(C)C. The molecule has 0 aromatic heterocycles. The van der Waals surface area contributed by atoms with E-state index < -0.39 is 5.60 Å². The van der Waals surface area contributed by atoms with Crippen molar-refractivity contribution in [1.82, 2.24) is 4.90 Å². The number of piperidine rings is 1. The Morgan fingerprint density at radius 2 is 1.75 bits per heavy atom. The number of hydrogen-bond donors (Lipinski definition) is 1. The minimum absolute atomic E-state index is 0.406. The van der Waals surface area contributed by atoms with Gasteiger partial charge in [0.1, 0.15) is 0 Å². The molecule has 1 aliphatic heterocycles. The number of aliphatic hydroxyl groups is 1. The Hall–Kier alpha value is -0.0800. The zero-order valence-corrected chi connectivity index (χ0v) is 11.8. The van der Waals surface area contributed by atoms with E-state index in [1.807, 2.05) is 13.8 Å². The van der Waals surface area contributed by atoms with E-state index in [2.05, 4.69) is 32.6 Å². The molecule has 0 aromatic rings. The Morgan fingerprint density at radius 1 is 1.19 bits per heavy atom. The van der Waals surface area contributed by atoms with Crippen LogP contribution >= 0.6 is 0 Å². The highest BCUT2D eigenvalue weighted by molar-refractivity contribution is 4.94. The molecule has 1 heterocycles. The number of likely N-dealkylation sites (tertiary alicyclic amines) is 1. The Kier molecular flexibility index (Phi) is 4.42. The van der Waals surface area contributed by atoms with Gasteiger partial charge in [-0.15, -0.1) is 0 Å². The molecule has 1 fully saturated rings. The van der Waals surface area contributed by atoms with Crippen molar-refractivity contribution < 1.29 is 5.11 Å². The first kappa shape index (κ1) is 14.0. The third kappa shape index (κ3) is 2.98. The van der Waals surface area contributed by atoms with E-state index in [9.17, 15) is 5.11 Å². The van der Waals surface area contributed by atoms with Crippen LogP contribution < -0.4 is 0 Å². The summed E-state index contributed by atoms with van der Waals surface area (Å²) in [5, 5.41) is 10.3. The summed E-state index contributed by atoms with van der Waals surface area (Å²) >= 11 is 0. The molecule has 0 spiro atoms. The van der Waals surface area contributed by atoms with Crippen LogP contribution in [0, 0.1) is 11.8 Å². The molecule has 0 aromatic carbocycles. The van der Waals surface area contributed by atoms with Gasteiger partial charge in [-0.3, -0.25) is 4.90 Å². The highest BCUT2D eigenvalue weighted by atomic mass is 16.3. The third-order valence-electron chi connectivity index (χ3n) is 3.98. The zero-order chi connectivity index (χ0) is 12.5. The maximum Gasteiger partial charge on any atom is 0.0634 e. The first-order valence-corrected chi connectivity index (χ1v) is 6.73. The second-order valence-electron chi connectivity index (χ2n) is 6.47. The standard InChI is InChI=1S/C14H29NO/c1-10(2)13-12(14(5,6)16)8-7-9-15(13)11(3)4/h10-13,16H,7-9H2,1-6H3. The average molecular weight is 227 g/mol. The lowest BCUT2D eigenvalue weighted by Gasteiger charge is -2.49. The van der Waals surface area contributed by atoms with E-state index in [0.29, 0.717) is 23.9 Å². The summed E-state index contributed by atoms with van der Waals surface area (Å²) in [4.78, 5) is 2.58. The lowest BCUT2D eigenvalue weighted by atomic mass is 9.73. The van der Waals surface area contributed by atoms with Gasteiger partial charge < -0.3 is 5.11 Å². The van der Waals surface area contributed by atoms with Gasteiger partial charge in [-0.1, -0.05) is 13.8 Å². The predicted octanol–water partition coefficient (Wildman–Crippen LogP) is 2.90. The van der Waals surface area contributed by atoms with Crippen molar-refractivity contribution in [3.8, 4) is 0 Å². The molecule has 1 saturated heterocycles. The maximum absolute atomic E-state index is 10.3. The largest absolute Gasteiger partial charge is 0.390 e. The molecule has 2 atom stereocenters. The highest BCUT2D eigenvalue weighted by Crippen LogP contribution is 2.36. The van der Waals surface area contributed by atoms with Crippen molar-refractivity contribution in [3.63, 3.8) is 0 Å². The second-order valence-corrected chi connectivity index (χ2v) is 6.47. The van der Waals surface area contributed by atoms with Crippen LogP contribution in [0.25, 0.3) is 0 Å². The van der Waals surface area contributed by atoms with E-state index in [-0.39, 0.29) is 0 Å². The maximum atomic E-state index is 10.3. The Labute approximate surface area is 101 Å². The van der Waals surface area contributed by atoms with Crippen molar-refractivity contribution in [3.05, 3.63) is 0 Å². The van der Waals surface area contributed by atoms with Crippen LogP contribution in [-0.2, 0) is 0 Å². The number of rotatable bonds is 3. The lowest BCUT2D eigenvalue weighted by molar-refractivity contribution is -0.0731. The quantitative estimate of drug-likeness (QED) is 0.801. The Bertz CT molecular complexity index is 217. The Balaban J connectivity index is 2.91. The smallest absolute Gasteiger partial charge is 0.0634 e. The van der Waals surface area contributed by atoms with Crippen LogP contribution in [0.4, 0.5) is 0 Å². The van der Waals surface area contributed by atoms with Gasteiger partial charge >= 0.3 is 0 Å². The van der Waals surface area contributed by atoms with Gasteiger partial charge in [0, 0.05) is 18.0 Å². The minimum Gasteiger partial charge on any atom is -0.390 e. The van der Waals surface area contributed by atoms with Gasteiger partial charge in [0.2, 0.25) is 0 Å². The minimum atomic E-state index is -0.553. The summed E-state index contributed by atoms with van der Waals surface area (Å²) in [6.07, 6.45) is 2.38. The normalized spacial score (nSPS) is 29.1. The zero-order valence-electron chi connectivity index (χ0n) is 11.8. The molecule has 0 bridgehead atoms. The average Bonchev–Trinajstić information content (AvgIpc) is 2.14. The number of nitrogens with zero attached hydrogens (tertiary/aromatic N) is 1. The third-order valence-corrected chi connectivity index (χ3v) is 3.98. The van der Waals surface area contributed by atoms with Crippen molar-refractivity contribution in [2.24, 2.45) is 11.8 Å². The first-order chi connectivity index (χ1) is 7.25. The van der Waals surface area contributed by atoms with E-state index in [0.717, 1.165) is 6.42 Å². The van der Waals surface area contributed by atoms with Crippen molar-refractivity contribution in [1.29, 1.82) is 0 Å². The van der Waals surface area contributed by atoms with E-state index in [4.69, 9.17) is 0 Å². The van der Waals surface area contributed by atoms with Crippen LogP contribution in [0.3, 0.4) is 0 Å². The van der Waals surface area contributed by atoms with Gasteiger partial charge in [0.05, 0.1) is 5.60 Å². The topological polar surface area (TPSA) is 23.5 Å². The predicted molar refractivity (Wildman–Crippen MR) is 69.5 cm³/mol.